The second-order valence-corrected chi connectivity index (χ2v) is 10.2. The van der Waals surface area contributed by atoms with E-state index in [2.05, 4.69) is 5.32 Å². The van der Waals surface area contributed by atoms with E-state index in [9.17, 15) is 17.2 Å². The molecule has 156 valence electrons. The van der Waals surface area contributed by atoms with Gasteiger partial charge in [0, 0.05) is 30.1 Å². The van der Waals surface area contributed by atoms with E-state index in [1.165, 1.54) is 22.7 Å². The summed E-state index contributed by atoms with van der Waals surface area (Å²) >= 11 is 0. The van der Waals surface area contributed by atoms with E-state index in [1.54, 1.807) is 12.1 Å². The summed E-state index contributed by atoms with van der Waals surface area (Å²) in [5.41, 5.74) is 3.25. The minimum atomic E-state index is -3.40. The minimum absolute atomic E-state index is 0.0224. The van der Waals surface area contributed by atoms with Crippen molar-refractivity contribution in [1.82, 2.24) is 9.62 Å². The lowest BCUT2D eigenvalue weighted by molar-refractivity contribution is 0.395. The van der Waals surface area contributed by atoms with Gasteiger partial charge in [-0.25, -0.2) is 17.2 Å². The molecule has 0 heterocycles. The minimum Gasteiger partial charge on any atom is -0.316 e. The average Bonchev–Trinajstić information content (AvgIpc) is 3.42. The van der Waals surface area contributed by atoms with Crippen LogP contribution in [0.3, 0.4) is 0 Å². The van der Waals surface area contributed by atoms with Gasteiger partial charge in [0.25, 0.3) is 0 Å². The molecule has 29 heavy (non-hydrogen) atoms. The van der Waals surface area contributed by atoms with Crippen LogP contribution in [-0.4, -0.2) is 38.1 Å². The number of halogens is 2. The number of likely N-dealkylation sites (N-methyl/N-ethyl adjacent to an activating group) is 1. The van der Waals surface area contributed by atoms with Crippen LogP contribution in [0.4, 0.5) is 8.78 Å². The number of sulfonamides is 1. The normalized spacial score (nSPS) is 21.6. The smallest absolute Gasteiger partial charge is 0.211 e. The Hall–Kier alpha value is -1.83. The summed E-state index contributed by atoms with van der Waals surface area (Å²) in [6, 6.07) is 10.0. The summed E-state index contributed by atoms with van der Waals surface area (Å²) in [5, 5.41) is 3.31. The maximum Gasteiger partial charge on any atom is 0.211 e. The average molecular weight is 421 g/mol. The van der Waals surface area contributed by atoms with Crippen molar-refractivity contribution >= 4 is 10.0 Å². The maximum atomic E-state index is 14.8. The molecule has 7 heteroatoms. The van der Waals surface area contributed by atoms with E-state index in [1.807, 2.05) is 19.2 Å². The highest BCUT2D eigenvalue weighted by molar-refractivity contribution is 7.88. The largest absolute Gasteiger partial charge is 0.316 e. The lowest BCUT2D eigenvalue weighted by Crippen LogP contribution is -2.32. The Labute approximate surface area is 171 Å². The Bertz CT molecular complexity index is 1020. The van der Waals surface area contributed by atoms with Crippen molar-refractivity contribution in [2.75, 3.05) is 13.3 Å². The monoisotopic (exact) mass is 420 g/mol. The molecule has 0 spiro atoms. The second-order valence-electron chi connectivity index (χ2n) is 8.22. The van der Waals surface area contributed by atoms with E-state index < -0.39 is 10.0 Å². The Balaban J connectivity index is 1.66. The van der Waals surface area contributed by atoms with Gasteiger partial charge in [0.1, 0.15) is 11.6 Å². The lowest BCUT2D eigenvalue weighted by atomic mass is 9.90. The summed E-state index contributed by atoms with van der Waals surface area (Å²) < 4.78 is 54.2. The zero-order valence-corrected chi connectivity index (χ0v) is 17.5. The van der Waals surface area contributed by atoms with Crippen LogP contribution >= 0.6 is 0 Å². The van der Waals surface area contributed by atoms with Crippen LogP contribution in [0.2, 0.25) is 0 Å². The van der Waals surface area contributed by atoms with Crippen LogP contribution < -0.4 is 5.32 Å². The summed E-state index contributed by atoms with van der Waals surface area (Å²) in [7, 11) is -1.52. The number of hydrogen-bond acceptors (Lipinski definition) is 3. The molecule has 0 saturated heterocycles. The molecular weight excluding hydrogens is 394 g/mol. The SMILES string of the molecule is CNC1Cc2cc(F)c(CN(C3CC3)S(C)(=O)=O)cc2C1Cc1cccc(F)c1. The molecule has 2 aliphatic rings. The number of benzene rings is 2. The Kier molecular flexibility index (Phi) is 5.48. The topological polar surface area (TPSA) is 49.4 Å². The summed E-state index contributed by atoms with van der Waals surface area (Å²) in [6.45, 7) is 0.0551. The van der Waals surface area contributed by atoms with Gasteiger partial charge in [0.05, 0.1) is 6.26 Å². The molecule has 4 nitrogen and oxygen atoms in total. The third kappa shape index (κ3) is 4.37. The maximum absolute atomic E-state index is 14.8. The molecule has 2 aromatic rings. The number of fused-ring (bicyclic) bond motifs is 1. The molecule has 0 radical (unpaired) electrons. The predicted octanol–water partition coefficient (Wildman–Crippen LogP) is 3.36. The molecule has 4 rings (SSSR count). The quantitative estimate of drug-likeness (QED) is 0.747. The highest BCUT2D eigenvalue weighted by atomic mass is 32.2. The van der Waals surface area contributed by atoms with Crippen molar-refractivity contribution in [3.8, 4) is 0 Å². The van der Waals surface area contributed by atoms with Gasteiger partial charge < -0.3 is 5.32 Å². The fourth-order valence-corrected chi connectivity index (χ4v) is 5.56. The number of hydrogen-bond donors (Lipinski definition) is 1. The van der Waals surface area contributed by atoms with Crippen LogP contribution in [-0.2, 0) is 29.4 Å². The molecule has 2 aromatic carbocycles. The Morgan fingerprint density at radius 3 is 2.55 bits per heavy atom. The molecule has 2 aliphatic carbocycles. The van der Waals surface area contributed by atoms with Crippen LogP contribution in [0.5, 0.6) is 0 Å². The molecule has 2 unspecified atom stereocenters. The molecule has 0 aliphatic heterocycles. The van der Waals surface area contributed by atoms with E-state index in [0.29, 0.717) is 18.4 Å². The first-order valence-corrected chi connectivity index (χ1v) is 11.8. The first-order chi connectivity index (χ1) is 13.8. The molecule has 1 N–H and O–H groups in total. The summed E-state index contributed by atoms with van der Waals surface area (Å²) in [6.07, 6.45) is 4.16. The van der Waals surface area contributed by atoms with Gasteiger partial charge in [-0.1, -0.05) is 18.2 Å². The van der Waals surface area contributed by atoms with Gasteiger partial charge in [-0.2, -0.15) is 4.31 Å². The van der Waals surface area contributed by atoms with Crippen LogP contribution in [0.25, 0.3) is 0 Å². The number of nitrogens with one attached hydrogen (secondary N) is 1. The van der Waals surface area contributed by atoms with Crippen LogP contribution in [0.15, 0.2) is 36.4 Å². The van der Waals surface area contributed by atoms with Crippen molar-refractivity contribution in [3.63, 3.8) is 0 Å². The van der Waals surface area contributed by atoms with E-state index in [0.717, 1.165) is 29.5 Å². The molecule has 0 amide bonds. The first kappa shape index (κ1) is 20.4. The standard InChI is InChI=1S/C22H26F2N2O2S/c1-25-22-12-15-11-21(24)16(13-26(18-6-7-18)29(2,27)28)10-19(15)20(22)9-14-4-3-5-17(23)8-14/h3-5,8,10-11,18,20,22,25H,6-7,9,12-13H2,1-2H3. The van der Waals surface area contributed by atoms with Gasteiger partial charge in [0.15, 0.2) is 0 Å². The Morgan fingerprint density at radius 2 is 1.93 bits per heavy atom. The molecule has 2 atom stereocenters. The third-order valence-corrected chi connectivity index (χ3v) is 7.33. The van der Waals surface area contributed by atoms with Crippen LogP contribution in [0.1, 0.15) is 41.0 Å². The lowest BCUT2D eigenvalue weighted by Gasteiger charge is -2.22. The fraction of sp³-hybridized carbons (Fsp3) is 0.455. The van der Waals surface area contributed by atoms with Crippen molar-refractivity contribution in [3.05, 3.63) is 70.3 Å². The number of nitrogens with zero attached hydrogens (tertiary/aromatic N) is 1. The van der Waals surface area contributed by atoms with Crippen LogP contribution in [0, 0.1) is 11.6 Å². The van der Waals surface area contributed by atoms with Crippen molar-refractivity contribution in [1.29, 1.82) is 0 Å². The molecule has 1 saturated carbocycles. The van der Waals surface area contributed by atoms with E-state index >= 15 is 0 Å². The molecule has 0 bridgehead atoms. The second kappa shape index (κ2) is 7.78. The molecular formula is C22H26F2N2O2S. The zero-order valence-electron chi connectivity index (χ0n) is 16.7. The van der Waals surface area contributed by atoms with E-state index in [-0.39, 0.29) is 36.2 Å². The third-order valence-electron chi connectivity index (χ3n) is 6.05. The van der Waals surface area contributed by atoms with Gasteiger partial charge >= 0.3 is 0 Å². The predicted molar refractivity (Wildman–Crippen MR) is 109 cm³/mol. The number of rotatable bonds is 7. The summed E-state index contributed by atoms with van der Waals surface area (Å²) in [5.74, 6) is -0.558. The zero-order chi connectivity index (χ0) is 20.8. The van der Waals surface area contributed by atoms with Crippen molar-refractivity contribution in [2.24, 2.45) is 0 Å². The van der Waals surface area contributed by atoms with Gasteiger partial charge in [-0.05, 0) is 67.6 Å². The van der Waals surface area contributed by atoms with Gasteiger partial charge in [0.2, 0.25) is 10.0 Å². The highest BCUT2D eigenvalue weighted by Gasteiger charge is 2.37. The Morgan fingerprint density at radius 1 is 1.17 bits per heavy atom. The highest BCUT2D eigenvalue weighted by Crippen LogP contribution is 2.38. The van der Waals surface area contributed by atoms with Gasteiger partial charge in [-0.15, -0.1) is 0 Å². The molecule has 0 aromatic heterocycles. The first-order valence-electron chi connectivity index (χ1n) is 9.96. The van der Waals surface area contributed by atoms with Gasteiger partial charge in [-0.3, -0.25) is 0 Å². The molecule has 1 fully saturated rings. The summed E-state index contributed by atoms with van der Waals surface area (Å²) in [4.78, 5) is 0. The van der Waals surface area contributed by atoms with Crippen molar-refractivity contribution in [2.45, 2.75) is 50.2 Å². The van der Waals surface area contributed by atoms with E-state index in [4.69, 9.17) is 0 Å². The fourth-order valence-electron chi connectivity index (χ4n) is 4.44. The van der Waals surface area contributed by atoms with Crippen molar-refractivity contribution < 1.29 is 17.2 Å².